The van der Waals surface area contributed by atoms with Crippen LogP contribution in [0.3, 0.4) is 0 Å². The molecular weight excluding hydrogens is 208 g/mol. The summed E-state index contributed by atoms with van der Waals surface area (Å²) < 4.78 is 0. The van der Waals surface area contributed by atoms with E-state index in [0.29, 0.717) is 12.6 Å². The summed E-state index contributed by atoms with van der Waals surface area (Å²) in [6.45, 7) is 2.78. The normalized spacial score (nSPS) is 20.9. The first-order valence-electron chi connectivity index (χ1n) is 5.10. The van der Waals surface area contributed by atoms with Crippen molar-refractivity contribution in [1.82, 2.24) is 0 Å². The minimum atomic E-state index is -0.432. The summed E-state index contributed by atoms with van der Waals surface area (Å²) in [6, 6.07) is 10.8. The largest absolute Gasteiger partial charge is 0.366 e. The lowest BCUT2D eigenvalue weighted by Crippen LogP contribution is -2.34. The molecule has 0 amide bonds. The highest BCUT2D eigenvalue weighted by atomic mass is 35.5. The number of benzene rings is 1. The van der Waals surface area contributed by atoms with E-state index in [1.807, 2.05) is 6.07 Å². The second-order valence-electron chi connectivity index (χ2n) is 3.93. The molecule has 0 saturated heterocycles. The summed E-state index contributed by atoms with van der Waals surface area (Å²) in [5.74, 6) is 0. The molecule has 2 unspecified atom stereocenters. The van der Waals surface area contributed by atoms with E-state index in [1.54, 1.807) is 0 Å². The number of alkyl halides is 1. The van der Waals surface area contributed by atoms with E-state index in [4.69, 9.17) is 16.9 Å². The van der Waals surface area contributed by atoms with Crippen LogP contribution in [0.25, 0.3) is 0 Å². The van der Waals surface area contributed by atoms with Crippen LogP contribution >= 0.6 is 11.6 Å². The zero-order valence-electron chi connectivity index (χ0n) is 8.65. The SMILES string of the molecule is CC1Cc2ccccc2N1CC(Cl)C#N. The van der Waals surface area contributed by atoms with Crippen molar-refractivity contribution < 1.29 is 0 Å². The Morgan fingerprint density at radius 1 is 1.60 bits per heavy atom. The van der Waals surface area contributed by atoms with Crippen LogP contribution < -0.4 is 4.90 Å². The van der Waals surface area contributed by atoms with Gasteiger partial charge >= 0.3 is 0 Å². The van der Waals surface area contributed by atoms with E-state index in [2.05, 4.69) is 36.1 Å². The van der Waals surface area contributed by atoms with Gasteiger partial charge in [-0.1, -0.05) is 18.2 Å². The molecule has 1 aliphatic rings. The predicted molar refractivity (Wildman–Crippen MR) is 62.2 cm³/mol. The second-order valence-corrected chi connectivity index (χ2v) is 4.46. The summed E-state index contributed by atoms with van der Waals surface area (Å²) >= 11 is 5.87. The van der Waals surface area contributed by atoms with Crippen LogP contribution in [0.15, 0.2) is 24.3 Å². The minimum Gasteiger partial charge on any atom is -0.366 e. The molecule has 78 valence electrons. The zero-order valence-corrected chi connectivity index (χ0v) is 9.41. The quantitative estimate of drug-likeness (QED) is 0.717. The summed E-state index contributed by atoms with van der Waals surface area (Å²) in [7, 11) is 0. The van der Waals surface area contributed by atoms with Crippen molar-refractivity contribution in [2.45, 2.75) is 24.8 Å². The van der Waals surface area contributed by atoms with Crippen LogP contribution in [0, 0.1) is 11.3 Å². The molecule has 0 spiro atoms. The molecule has 1 heterocycles. The lowest BCUT2D eigenvalue weighted by molar-refractivity contribution is 0.678. The van der Waals surface area contributed by atoms with Crippen LogP contribution in [-0.4, -0.2) is 18.0 Å². The van der Waals surface area contributed by atoms with Gasteiger partial charge in [-0.2, -0.15) is 5.26 Å². The van der Waals surface area contributed by atoms with Crippen molar-refractivity contribution in [3.05, 3.63) is 29.8 Å². The first-order chi connectivity index (χ1) is 7.22. The number of nitrogens with zero attached hydrogens (tertiary/aromatic N) is 2. The molecule has 2 nitrogen and oxygen atoms in total. The predicted octanol–water partition coefficient (Wildman–Crippen LogP) is 2.57. The highest BCUT2D eigenvalue weighted by Gasteiger charge is 2.26. The Morgan fingerprint density at radius 2 is 2.33 bits per heavy atom. The van der Waals surface area contributed by atoms with Gasteiger partial charge in [0.25, 0.3) is 0 Å². The monoisotopic (exact) mass is 220 g/mol. The number of rotatable bonds is 2. The van der Waals surface area contributed by atoms with Crippen LogP contribution in [0.2, 0.25) is 0 Å². The molecule has 0 aromatic heterocycles. The highest BCUT2D eigenvalue weighted by molar-refractivity contribution is 6.22. The van der Waals surface area contributed by atoms with Gasteiger partial charge in [0.05, 0.1) is 6.07 Å². The van der Waals surface area contributed by atoms with Crippen molar-refractivity contribution in [2.24, 2.45) is 0 Å². The molecule has 3 heteroatoms. The molecule has 0 saturated carbocycles. The highest BCUT2D eigenvalue weighted by Crippen LogP contribution is 2.31. The third kappa shape index (κ3) is 1.93. The lowest BCUT2D eigenvalue weighted by atomic mass is 10.1. The number of hydrogen-bond donors (Lipinski definition) is 0. The number of halogens is 1. The van der Waals surface area contributed by atoms with Gasteiger partial charge in [0.1, 0.15) is 5.38 Å². The van der Waals surface area contributed by atoms with E-state index in [0.717, 1.165) is 6.42 Å². The molecule has 1 aliphatic heterocycles. The van der Waals surface area contributed by atoms with Gasteiger partial charge in [0, 0.05) is 18.3 Å². The molecule has 1 aromatic carbocycles. The smallest absolute Gasteiger partial charge is 0.137 e. The molecular formula is C12H13ClN2. The van der Waals surface area contributed by atoms with E-state index in [-0.39, 0.29) is 0 Å². The second kappa shape index (κ2) is 4.12. The number of para-hydroxylation sites is 1. The van der Waals surface area contributed by atoms with Gasteiger partial charge in [-0.3, -0.25) is 0 Å². The van der Waals surface area contributed by atoms with E-state index < -0.39 is 5.38 Å². The number of nitriles is 1. The fourth-order valence-electron chi connectivity index (χ4n) is 2.12. The van der Waals surface area contributed by atoms with Crippen LogP contribution in [0.1, 0.15) is 12.5 Å². The van der Waals surface area contributed by atoms with Gasteiger partial charge in [-0.25, -0.2) is 0 Å². The lowest BCUT2D eigenvalue weighted by Gasteiger charge is -2.25. The first kappa shape index (κ1) is 10.3. The van der Waals surface area contributed by atoms with Gasteiger partial charge in [0.15, 0.2) is 0 Å². The standard InChI is InChI=1S/C12H13ClN2/c1-9-6-10-4-2-3-5-12(10)15(9)8-11(13)7-14/h2-5,9,11H,6,8H2,1H3. The number of hydrogen-bond acceptors (Lipinski definition) is 2. The van der Waals surface area contributed by atoms with Gasteiger partial charge in [-0.05, 0) is 25.0 Å². The van der Waals surface area contributed by atoms with E-state index in [9.17, 15) is 0 Å². The Labute approximate surface area is 95.1 Å². The molecule has 0 aliphatic carbocycles. The van der Waals surface area contributed by atoms with E-state index >= 15 is 0 Å². The maximum Gasteiger partial charge on any atom is 0.137 e. The Morgan fingerprint density at radius 3 is 3.07 bits per heavy atom. The molecule has 15 heavy (non-hydrogen) atoms. The topological polar surface area (TPSA) is 27.0 Å². The van der Waals surface area contributed by atoms with Gasteiger partial charge in [0.2, 0.25) is 0 Å². The summed E-state index contributed by atoms with van der Waals surface area (Å²) in [4.78, 5) is 2.22. The van der Waals surface area contributed by atoms with E-state index in [1.165, 1.54) is 11.3 Å². The Kier molecular flexibility index (Phi) is 2.83. The Balaban J connectivity index is 2.23. The van der Waals surface area contributed by atoms with Crippen LogP contribution in [0.5, 0.6) is 0 Å². The molecule has 0 N–H and O–H groups in total. The molecule has 2 rings (SSSR count). The summed E-state index contributed by atoms with van der Waals surface area (Å²) in [5.41, 5.74) is 2.58. The van der Waals surface area contributed by atoms with Gasteiger partial charge in [-0.15, -0.1) is 11.6 Å². The number of anilines is 1. The van der Waals surface area contributed by atoms with Crippen molar-refractivity contribution in [3.8, 4) is 6.07 Å². The molecule has 0 bridgehead atoms. The summed E-state index contributed by atoms with van der Waals surface area (Å²) in [6.07, 6.45) is 1.05. The van der Waals surface area contributed by atoms with Crippen molar-refractivity contribution in [2.75, 3.05) is 11.4 Å². The maximum atomic E-state index is 8.72. The third-order valence-electron chi connectivity index (χ3n) is 2.85. The van der Waals surface area contributed by atoms with Crippen molar-refractivity contribution in [3.63, 3.8) is 0 Å². The average molecular weight is 221 g/mol. The Bertz CT molecular complexity index is 397. The fourth-order valence-corrected chi connectivity index (χ4v) is 2.27. The van der Waals surface area contributed by atoms with Gasteiger partial charge < -0.3 is 4.90 Å². The minimum absolute atomic E-state index is 0.432. The molecule has 0 radical (unpaired) electrons. The fraction of sp³-hybridized carbons (Fsp3) is 0.417. The van der Waals surface area contributed by atoms with Crippen LogP contribution in [0.4, 0.5) is 5.69 Å². The zero-order chi connectivity index (χ0) is 10.8. The first-order valence-corrected chi connectivity index (χ1v) is 5.54. The number of fused-ring (bicyclic) bond motifs is 1. The maximum absolute atomic E-state index is 8.72. The van der Waals surface area contributed by atoms with Crippen LogP contribution in [-0.2, 0) is 6.42 Å². The molecule has 1 aromatic rings. The van der Waals surface area contributed by atoms with Crippen molar-refractivity contribution in [1.29, 1.82) is 5.26 Å². The molecule has 0 fully saturated rings. The third-order valence-corrected chi connectivity index (χ3v) is 3.08. The molecule has 2 atom stereocenters. The Hall–Kier alpha value is -1.20. The summed E-state index contributed by atoms with van der Waals surface area (Å²) in [5, 5.41) is 8.29. The van der Waals surface area contributed by atoms with Crippen molar-refractivity contribution >= 4 is 17.3 Å². The average Bonchev–Trinajstić information content (AvgIpc) is 2.55.